The van der Waals surface area contributed by atoms with E-state index in [9.17, 15) is 0 Å². The fourth-order valence-electron chi connectivity index (χ4n) is 6.08. The fourth-order valence-corrected chi connectivity index (χ4v) is 6.08. The molecule has 0 amide bonds. The Kier molecular flexibility index (Phi) is 4.44. The van der Waals surface area contributed by atoms with Crippen molar-refractivity contribution in [3.8, 4) is 0 Å². The smallest absolute Gasteiger partial charge is 0.164 e. The summed E-state index contributed by atoms with van der Waals surface area (Å²) in [6, 6.07) is 32.8. The molecular formula is C33H22N8. The molecule has 3 aliphatic rings. The Bertz CT molecular complexity index is 2310. The summed E-state index contributed by atoms with van der Waals surface area (Å²) >= 11 is 0. The van der Waals surface area contributed by atoms with Crippen LogP contribution in [0.25, 0.3) is 21.5 Å². The minimum absolute atomic E-state index is 0.312. The van der Waals surface area contributed by atoms with Crippen molar-refractivity contribution in [1.82, 2.24) is 9.55 Å². The van der Waals surface area contributed by atoms with E-state index in [1.165, 1.54) is 0 Å². The number of aliphatic imine (C=N–C) groups is 3. The number of amidine groups is 3. The van der Waals surface area contributed by atoms with E-state index in [0.29, 0.717) is 17.5 Å². The zero-order valence-corrected chi connectivity index (χ0v) is 22.0. The fraction of sp³-hybridized carbons (Fsp3) is 0.0606. The van der Waals surface area contributed by atoms with Gasteiger partial charge in [0.25, 0.3) is 0 Å². The standard InChI is InChI=1S/C33H22N8/c1-41-32-24-16-8-9-17-25(24)33(41)40-31-23-15-7-5-13-21(23)29(38-31)36-27-19-11-3-2-10-18(19)26(34-27)35-28-20-12-4-6-14-22(20)30(37-28)39-32/h2-17,28,34-35H,1H3/b36-29-,39-32?,40-33?. The molecule has 0 fully saturated rings. The lowest BCUT2D eigenvalue weighted by atomic mass is 10.1. The molecular weight excluding hydrogens is 508 g/mol. The molecule has 3 aliphatic heterocycles. The Morgan fingerprint density at radius 3 is 1.85 bits per heavy atom. The van der Waals surface area contributed by atoms with Gasteiger partial charge in [0, 0.05) is 50.8 Å². The predicted octanol–water partition coefficient (Wildman–Crippen LogP) is 5.32. The number of hydrogen-bond acceptors (Lipinski definition) is 6. The molecule has 0 saturated heterocycles. The van der Waals surface area contributed by atoms with E-state index in [1.807, 2.05) is 66.2 Å². The van der Waals surface area contributed by atoms with Crippen LogP contribution in [0, 0.1) is 0 Å². The van der Waals surface area contributed by atoms with E-state index >= 15 is 0 Å². The third-order valence-electron chi connectivity index (χ3n) is 8.03. The molecule has 1 unspecified atom stereocenters. The minimum Gasteiger partial charge on any atom is -0.346 e. The number of hydrogen-bond donors (Lipinski definition) is 2. The van der Waals surface area contributed by atoms with Crippen LogP contribution in [-0.2, 0) is 7.05 Å². The van der Waals surface area contributed by atoms with Gasteiger partial charge >= 0.3 is 0 Å². The van der Waals surface area contributed by atoms with Gasteiger partial charge in [-0.25, -0.2) is 25.0 Å². The Hall–Kier alpha value is -5.63. The van der Waals surface area contributed by atoms with E-state index in [0.717, 1.165) is 66.4 Å². The maximum Gasteiger partial charge on any atom is 0.164 e. The van der Waals surface area contributed by atoms with Crippen LogP contribution in [0.15, 0.2) is 122 Å². The summed E-state index contributed by atoms with van der Waals surface area (Å²) in [7, 11) is 2.00. The summed E-state index contributed by atoms with van der Waals surface area (Å²) in [5, 5.41) is 7.70. The van der Waals surface area contributed by atoms with E-state index in [2.05, 4.69) is 52.8 Å². The van der Waals surface area contributed by atoms with Gasteiger partial charge in [-0.1, -0.05) is 97.1 Å². The maximum atomic E-state index is 5.17. The first kappa shape index (κ1) is 22.2. The van der Waals surface area contributed by atoms with Gasteiger partial charge in [-0.15, -0.1) is 0 Å². The lowest BCUT2D eigenvalue weighted by molar-refractivity contribution is 0.819. The first-order valence-electron chi connectivity index (χ1n) is 13.6. The van der Waals surface area contributed by atoms with Crippen molar-refractivity contribution in [3.63, 3.8) is 0 Å². The van der Waals surface area contributed by atoms with Crippen LogP contribution in [0.3, 0.4) is 0 Å². The lowest BCUT2D eigenvalue weighted by Gasteiger charge is -2.12. The molecule has 41 heavy (non-hydrogen) atoms. The second-order valence-electron chi connectivity index (χ2n) is 10.4. The number of fused-ring (bicyclic) bond motifs is 18. The number of nitrogens with zero attached hydrogens (tertiary/aromatic N) is 6. The largest absolute Gasteiger partial charge is 0.346 e. The van der Waals surface area contributed by atoms with Crippen molar-refractivity contribution < 1.29 is 0 Å². The predicted molar refractivity (Wildman–Crippen MR) is 162 cm³/mol. The highest BCUT2D eigenvalue weighted by Gasteiger charge is 2.27. The van der Waals surface area contributed by atoms with Crippen LogP contribution < -0.4 is 16.3 Å². The van der Waals surface area contributed by atoms with Crippen molar-refractivity contribution in [1.29, 1.82) is 0 Å². The monoisotopic (exact) mass is 530 g/mol. The van der Waals surface area contributed by atoms with Crippen LogP contribution in [0.2, 0.25) is 0 Å². The first-order chi connectivity index (χ1) is 20.2. The molecule has 2 N–H and O–H groups in total. The Labute approximate surface area is 233 Å². The SMILES string of the molecule is Cn1c2c3ccccc3c1=NC1=NC(Nc3[nH]c(c4ccccc34)/N=C3\N=C(N=2)c2ccccc23)c2ccccc21. The molecule has 2 aromatic heterocycles. The quantitative estimate of drug-likeness (QED) is 0.273. The number of aromatic nitrogens is 2. The van der Waals surface area contributed by atoms with Crippen molar-refractivity contribution >= 4 is 50.7 Å². The first-order valence-corrected chi connectivity index (χ1v) is 13.6. The molecule has 0 saturated carbocycles. The van der Waals surface area contributed by atoms with E-state index in [-0.39, 0.29) is 6.17 Å². The summed E-state index contributed by atoms with van der Waals surface area (Å²) < 4.78 is 2.04. The summed E-state index contributed by atoms with van der Waals surface area (Å²) in [6.07, 6.45) is -0.312. The van der Waals surface area contributed by atoms with E-state index in [1.54, 1.807) is 0 Å². The molecule has 4 aromatic carbocycles. The third kappa shape index (κ3) is 3.18. The zero-order valence-electron chi connectivity index (χ0n) is 22.0. The van der Waals surface area contributed by atoms with Gasteiger partial charge in [0.2, 0.25) is 0 Å². The van der Waals surface area contributed by atoms with Crippen molar-refractivity contribution in [2.24, 2.45) is 32.0 Å². The number of benzene rings is 4. The van der Waals surface area contributed by atoms with Gasteiger partial charge < -0.3 is 14.9 Å². The van der Waals surface area contributed by atoms with Crippen LogP contribution in [0.5, 0.6) is 0 Å². The van der Waals surface area contributed by atoms with Gasteiger partial charge in [-0.3, -0.25) is 0 Å². The minimum atomic E-state index is -0.312. The highest BCUT2D eigenvalue weighted by Crippen LogP contribution is 2.37. The summed E-state index contributed by atoms with van der Waals surface area (Å²) in [4.78, 5) is 29.0. The molecule has 0 aliphatic carbocycles. The second-order valence-corrected chi connectivity index (χ2v) is 10.4. The second kappa shape index (κ2) is 8.19. The molecule has 0 radical (unpaired) electrons. The number of H-pyrrole nitrogens is 1. The van der Waals surface area contributed by atoms with Gasteiger partial charge in [0.15, 0.2) is 17.5 Å². The molecule has 0 spiro atoms. The number of nitrogens with one attached hydrogen (secondary N) is 2. The van der Waals surface area contributed by atoms with Gasteiger partial charge in [-0.2, -0.15) is 0 Å². The molecule has 6 aromatic rings. The van der Waals surface area contributed by atoms with Crippen molar-refractivity contribution in [2.45, 2.75) is 6.17 Å². The molecule has 194 valence electrons. The Morgan fingerprint density at radius 1 is 0.561 bits per heavy atom. The van der Waals surface area contributed by atoms with Gasteiger partial charge in [0.05, 0.1) is 0 Å². The third-order valence-corrected chi connectivity index (χ3v) is 8.03. The highest BCUT2D eigenvalue weighted by atomic mass is 15.2. The van der Waals surface area contributed by atoms with Crippen LogP contribution >= 0.6 is 0 Å². The van der Waals surface area contributed by atoms with Crippen molar-refractivity contribution in [3.05, 3.63) is 130 Å². The van der Waals surface area contributed by atoms with Crippen molar-refractivity contribution in [2.75, 3.05) is 5.32 Å². The molecule has 5 heterocycles. The molecule has 8 nitrogen and oxygen atoms in total. The maximum absolute atomic E-state index is 5.17. The summed E-state index contributed by atoms with van der Waals surface area (Å²) in [5.74, 6) is 3.52. The molecule has 9 rings (SSSR count). The average Bonchev–Trinajstić information content (AvgIpc) is 3.72. The normalized spacial score (nSPS) is 18.0. The Balaban J connectivity index is 1.42. The van der Waals surface area contributed by atoms with Gasteiger partial charge in [-0.05, 0) is 0 Å². The number of rotatable bonds is 0. The molecule has 8 bridgehead atoms. The molecule has 1 atom stereocenters. The topological polar surface area (TPSA) is 94.5 Å². The number of aromatic amines is 1. The summed E-state index contributed by atoms with van der Waals surface area (Å²) in [6.45, 7) is 0. The van der Waals surface area contributed by atoms with Crippen LogP contribution in [0.1, 0.15) is 28.4 Å². The number of anilines is 1. The van der Waals surface area contributed by atoms with Gasteiger partial charge in [0.1, 0.15) is 28.8 Å². The lowest BCUT2D eigenvalue weighted by Crippen LogP contribution is -2.26. The van der Waals surface area contributed by atoms with Crippen LogP contribution in [0.4, 0.5) is 11.6 Å². The highest BCUT2D eigenvalue weighted by molar-refractivity contribution is 6.23. The Morgan fingerprint density at radius 2 is 1.12 bits per heavy atom. The van der Waals surface area contributed by atoms with Crippen LogP contribution in [-0.4, -0.2) is 27.1 Å². The zero-order chi connectivity index (χ0) is 27.1. The average molecular weight is 531 g/mol. The molecule has 8 heteroatoms. The van der Waals surface area contributed by atoms with E-state index < -0.39 is 0 Å². The van der Waals surface area contributed by atoms with E-state index in [4.69, 9.17) is 25.0 Å². The summed E-state index contributed by atoms with van der Waals surface area (Å²) in [5.41, 5.74) is 5.57.